The van der Waals surface area contributed by atoms with Crippen molar-refractivity contribution in [1.29, 1.82) is 0 Å². The van der Waals surface area contributed by atoms with Gasteiger partial charge in [-0.25, -0.2) is 0 Å². The zero-order chi connectivity index (χ0) is 11.5. The fourth-order valence-corrected chi connectivity index (χ4v) is 1.51. The van der Waals surface area contributed by atoms with Crippen LogP contribution >= 0.6 is 20.1 Å². The molecular weight excluding hydrogens is 239 g/mol. The Morgan fingerprint density at radius 3 is 2.27 bits per heavy atom. The van der Waals surface area contributed by atoms with Gasteiger partial charge in [0.2, 0.25) is 14.4 Å². The van der Waals surface area contributed by atoms with Crippen LogP contribution in [-0.4, -0.2) is 34.7 Å². The van der Waals surface area contributed by atoms with Gasteiger partial charge in [-0.2, -0.15) is 0 Å². The fraction of sp³-hybridized carbons (Fsp3) is 0.875. The van der Waals surface area contributed by atoms with Crippen LogP contribution in [0.1, 0.15) is 25.7 Å². The Labute approximate surface area is 96.2 Å². The minimum absolute atomic E-state index is 0.0144. The van der Waals surface area contributed by atoms with Gasteiger partial charge in [0.1, 0.15) is 5.88 Å². The van der Waals surface area contributed by atoms with Gasteiger partial charge in [0, 0.05) is 13.1 Å². The molecule has 4 N–H and O–H groups in total. The second-order valence-electron chi connectivity index (χ2n) is 3.10. The highest BCUT2D eigenvalue weighted by molar-refractivity contribution is 7.42. The lowest BCUT2D eigenvalue weighted by Crippen LogP contribution is -2.25. The summed E-state index contributed by atoms with van der Waals surface area (Å²) in [6, 6.07) is 0. The summed E-state index contributed by atoms with van der Waals surface area (Å²) in [6.07, 6.45) is 3.85. The molecule has 0 heterocycles. The Morgan fingerprint density at radius 2 is 1.73 bits per heavy atom. The Morgan fingerprint density at radius 1 is 1.13 bits per heavy atom. The third-order valence-electron chi connectivity index (χ3n) is 1.80. The van der Waals surface area contributed by atoms with Gasteiger partial charge >= 0.3 is 0 Å². The first kappa shape index (κ1) is 15.1. The molecule has 5 nitrogen and oxygen atoms in total. The molecule has 1 amide bonds. The van der Waals surface area contributed by atoms with E-state index in [0.717, 1.165) is 25.7 Å². The molecule has 0 aromatic rings. The maximum Gasteiger partial charge on any atom is 0.250 e. The molecule has 15 heavy (non-hydrogen) atoms. The van der Waals surface area contributed by atoms with Crippen LogP contribution in [0, 0.1) is 0 Å². The van der Waals surface area contributed by atoms with Crippen molar-refractivity contribution in [3.05, 3.63) is 0 Å². The highest BCUT2D eigenvalue weighted by atomic mass is 35.5. The highest BCUT2D eigenvalue weighted by Gasteiger charge is 1.97. The van der Waals surface area contributed by atoms with E-state index in [0.29, 0.717) is 13.1 Å². The van der Waals surface area contributed by atoms with E-state index in [9.17, 15) is 4.79 Å². The zero-order valence-corrected chi connectivity index (χ0v) is 10.2. The topological polar surface area (TPSA) is 81.6 Å². The number of alkyl halides is 1. The van der Waals surface area contributed by atoms with Crippen molar-refractivity contribution < 1.29 is 14.6 Å². The van der Waals surface area contributed by atoms with E-state index in [1.807, 2.05) is 0 Å². The van der Waals surface area contributed by atoms with Crippen molar-refractivity contribution >= 4 is 26.0 Å². The van der Waals surface area contributed by atoms with Crippen LogP contribution in [0.15, 0.2) is 0 Å². The van der Waals surface area contributed by atoms with E-state index in [-0.39, 0.29) is 11.8 Å². The molecule has 7 heteroatoms. The van der Waals surface area contributed by atoms with Crippen molar-refractivity contribution in [2.75, 3.05) is 19.0 Å². The predicted molar refractivity (Wildman–Crippen MR) is 61.6 cm³/mol. The van der Waals surface area contributed by atoms with Crippen LogP contribution in [0.3, 0.4) is 0 Å². The lowest BCUT2D eigenvalue weighted by atomic mass is 10.2. The molecule has 0 fully saturated rings. The summed E-state index contributed by atoms with van der Waals surface area (Å²) in [6.45, 7) is 1.28. The van der Waals surface area contributed by atoms with E-state index in [4.69, 9.17) is 21.4 Å². The number of carbonyl (C=O) groups is 1. The Balaban J connectivity index is 3.02. The molecule has 90 valence electrons. The van der Waals surface area contributed by atoms with Crippen molar-refractivity contribution in [2.24, 2.45) is 0 Å². The molecule has 0 unspecified atom stereocenters. The van der Waals surface area contributed by atoms with E-state index < -0.39 is 8.53 Å². The maximum absolute atomic E-state index is 10.7. The number of amides is 1. The van der Waals surface area contributed by atoms with Gasteiger partial charge in [-0.15, -0.1) is 11.6 Å². The molecule has 0 aliphatic heterocycles. The third kappa shape index (κ3) is 12.0. The molecule has 0 aromatic heterocycles. The first-order valence-electron chi connectivity index (χ1n) is 4.91. The normalized spacial score (nSPS) is 10.7. The summed E-state index contributed by atoms with van der Waals surface area (Å²) in [5.41, 5.74) is 0. The van der Waals surface area contributed by atoms with Crippen LogP contribution in [0.2, 0.25) is 0 Å². The van der Waals surface area contributed by atoms with Crippen LogP contribution in [-0.2, 0) is 4.79 Å². The molecule has 0 aromatic carbocycles. The van der Waals surface area contributed by atoms with E-state index in [2.05, 4.69) is 10.4 Å². The smallest absolute Gasteiger partial charge is 0.250 e. The van der Waals surface area contributed by atoms with E-state index in [1.165, 1.54) is 0 Å². The predicted octanol–water partition coefficient (Wildman–Crippen LogP) is 0.703. The van der Waals surface area contributed by atoms with Crippen molar-refractivity contribution in [3.8, 4) is 0 Å². The lowest BCUT2D eigenvalue weighted by Gasteiger charge is -2.05. The third-order valence-corrected chi connectivity index (χ3v) is 2.55. The monoisotopic (exact) mass is 256 g/mol. The number of carbonyl (C=O) groups excluding carboxylic acids is 1. The molecule has 0 spiro atoms. The second kappa shape index (κ2) is 10.6. The average Bonchev–Trinajstić information content (AvgIpc) is 2.21. The number of nitrogens with one attached hydrogen (secondary N) is 2. The summed E-state index contributed by atoms with van der Waals surface area (Å²) in [5, 5.41) is 5.23. The number of rotatable bonds is 9. The van der Waals surface area contributed by atoms with E-state index >= 15 is 0 Å². The van der Waals surface area contributed by atoms with Gasteiger partial charge in [-0.05, 0) is 12.8 Å². The standard InChI is InChI=1S/C8H18ClN2O3P/c9-7-8(12)10-5-3-1-2-4-6-11-15(13)14/h11,13-14H,1-7H2,(H,10,12). The van der Waals surface area contributed by atoms with Crippen LogP contribution in [0.4, 0.5) is 0 Å². The van der Waals surface area contributed by atoms with Gasteiger partial charge < -0.3 is 15.1 Å². The largest absolute Gasteiger partial charge is 0.355 e. The maximum atomic E-state index is 10.7. The van der Waals surface area contributed by atoms with Gasteiger partial charge in [0.05, 0.1) is 0 Å². The first-order valence-corrected chi connectivity index (χ1v) is 6.69. The number of hydrogen-bond donors (Lipinski definition) is 4. The van der Waals surface area contributed by atoms with Crippen molar-refractivity contribution in [3.63, 3.8) is 0 Å². The van der Waals surface area contributed by atoms with Gasteiger partial charge in [-0.1, -0.05) is 12.8 Å². The molecular formula is C8H18ClN2O3P. The minimum Gasteiger partial charge on any atom is -0.355 e. The molecule has 0 saturated carbocycles. The first-order chi connectivity index (χ1) is 7.16. The molecule has 0 radical (unpaired) electrons. The quantitative estimate of drug-likeness (QED) is 0.278. The fourth-order valence-electron chi connectivity index (χ4n) is 1.06. The zero-order valence-electron chi connectivity index (χ0n) is 8.58. The van der Waals surface area contributed by atoms with Crippen LogP contribution < -0.4 is 10.4 Å². The molecule has 0 saturated heterocycles. The average molecular weight is 257 g/mol. The van der Waals surface area contributed by atoms with Crippen molar-refractivity contribution in [1.82, 2.24) is 10.4 Å². The Hall–Kier alpha value is 0.0700. The summed E-state index contributed by atoms with van der Waals surface area (Å²) in [4.78, 5) is 27.8. The summed E-state index contributed by atoms with van der Waals surface area (Å²) < 4.78 is 0. The molecule has 0 atom stereocenters. The lowest BCUT2D eigenvalue weighted by molar-refractivity contribution is -0.118. The number of unbranched alkanes of at least 4 members (excludes halogenated alkanes) is 3. The molecule has 0 bridgehead atoms. The Bertz CT molecular complexity index is 172. The van der Waals surface area contributed by atoms with Gasteiger partial charge in [0.25, 0.3) is 0 Å². The van der Waals surface area contributed by atoms with E-state index in [1.54, 1.807) is 0 Å². The number of hydrogen-bond acceptors (Lipinski definition) is 4. The molecule has 0 aliphatic carbocycles. The van der Waals surface area contributed by atoms with Crippen molar-refractivity contribution in [2.45, 2.75) is 25.7 Å². The SMILES string of the molecule is O=C(CCl)NCCCCCCNP(O)O. The van der Waals surface area contributed by atoms with Crippen LogP contribution in [0.5, 0.6) is 0 Å². The Kier molecular flexibility index (Phi) is 10.6. The molecule has 0 rings (SSSR count). The van der Waals surface area contributed by atoms with Gasteiger partial charge in [0.15, 0.2) is 0 Å². The molecule has 0 aliphatic rings. The number of halogens is 1. The summed E-state index contributed by atoms with van der Waals surface area (Å²) in [7, 11) is -1.96. The van der Waals surface area contributed by atoms with Crippen LogP contribution in [0.25, 0.3) is 0 Å². The highest BCUT2D eigenvalue weighted by Crippen LogP contribution is 2.15. The minimum atomic E-state index is -1.96. The summed E-state index contributed by atoms with van der Waals surface area (Å²) >= 11 is 5.30. The summed E-state index contributed by atoms with van der Waals surface area (Å²) in [5.74, 6) is -0.120. The second-order valence-corrected chi connectivity index (χ2v) is 4.26. The van der Waals surface area contributed by atoms with Gasteiger partial charge in [-0.3, -0.25) is 9.88 Å².